The molecule has 0 aliphatic heterocycles. The highest BCUT2D eigenvalue weighted by Crippen LogP contribution is 2.24. The quantitative estimate of drug-likeness (QED) is 0.0411. The molecule has 0 aromatic carbocycles. The zero-order valence-corrected chi connectivity index (χ0v) is 37.4. The summed E-state index contributed by atoms with van der Waals surface area (Å²) in [6.45, 7) is 29.4. The second-order valence-corrected chi connectivity index (χ2v) is 15.7. The normalized spacial score (nSPS) is 11.8. The zero-order chi connectivity index (χ0) is 47.8. The highest BCUT2D eigenvalue weighted by atomic mass is 16.6. The summed E-state index contributed by atoms with van der Waals surface area (Å²) in [6, 6.07) is -0.780. The van der Waals surface area contributed by atoms with E-state index in [1.807, 2.05) is 0 Å². The molecule has 346 valence electrons. The van der Waals surface area contributed by atoms with E-state index in [1.54, 1.807) is 13.8 Å². The van der Waals surface area contributed by atoms with Gasteiger partial charge in [0, 0.05) is 45.5 Å². The lowest BCUT2D eigenvalue weighted by Crippen LogP contribution is -2.45. The van der Waals surface area contributed by atoms with Crippen molar-refractivity contribution < 1.29 is 76.3 Å². The Morgan fingerprint density at radius 2 is 0.548 bits per heavy atom. The fourth-order valence-corrected chi connectivity index (χ4v) is 4.52. The van der Waals surface area contributed by atoms with Gasteiger partial charge >= 0.3 is 48.0 Å². The second kappa shape index (κ2) is 27.6. The Morgan fingerprint density at radius 3 is 0.726 bits per heavy atom. The van der Waals surface area contributed by atoms with Crippen molar-refractivity contribution in [1.82, 2.24) is 10.6 Å². The van der Waals surface area contributed by atoms with E-state index in [0.29, 0.717) is 25.7 Å². The maximum absolute atomic E-state index is 12.9. The fraction of sp³-hybridized carbons (Fsp3) is 0.545. The van der Waals surface area contributed by atoms with Gasteiger partial charge in [-0.15, -0.1) is 0 Å². The molecule has 0 saturated carbocycles. The number of amides is 2. The molecule has 0 aliphatic carbocycles. The number of hydrogen-bond donors (Lipinski definition) is 2. The van der Waals surface area contributed by atoms with Gasteiger partial charge in [0.2, 0.25) is 0 Å². The van der Waals surface area contributed by atoms with Crippen LogP contribution in [0.3, 0.4) is 0 Å². The minimum atomic E-state index is -1.51. The number of unbranched alkanes of at least 4 members (excludes halogenated alkanes) is 1. The summed E-state index contributed by atoms with van der Waals surface area (Å²) in [5.74, 6) is -4.64. The van der Waals surface area contributed by atoms with Gasteiger partial charge in [-0.3, -0.25) is 0 Å². The van der Waals surface area contributed by atoms with Crippen LogP contribution >= 0.6 is 0 Å². The molecule has 0 aromatic heterocycles. The summed E-state index contributed by atoms with van der Waals surface area (Å²) in [4.78, 5) is 99.4. The van der Waals surface area contributed by atoms with Crippen LogP contribution in [0, 0.1) is 10.8 Å². The van der Waals surface area contributed by atoms with Crippen molar-refractivity contribution in [3.8, 4) is 0 Å². The van der Waals surface area contributed by atoms with E-state index in [4.69, 9.17) is 37.9 Å². The Bertz CT molecular complexity index is 1460. The average Bonchev–Trinajstić information content (AvgIpc) is 3.19. The third kappa shape index (κ3) is 23.0. The molecule has 0 saturated heterocycles. The molecule has 2 amide bonds. The molecule has 0 aliphatic rings. The minimum absolute atomic E-state index is 0.0765. The summed E-state index contributed by atoms with van der Waals surface area (Å²) < 4.78 is 42.8. The number of rotatable bonds is 29. The number of carbonyl (C=O) groups excluding carboxylic acids is 8. The lowest BCUT2D eigenvalue weighted by Gasteiger charge is -2.32. The van der Waals surface area contributed by atoms with Crippen molar-refractivity contribution in [3.05, 3.63) is 72.9 Å². The van der Waals surface area contributed by atoms with Crippen LogP contribution in [-0.2, 0) is 66.7 Å². The minimum Gasteiger partial charge on any atom is -0.461 e. The molecule has 0 aromatic rings. The summed E-state index contributed by atoms with van der Waals surface area (Å²) in [7, 11) is 0. The number of carbonyl (C=O) groups is 8. The van der Waals surface area contributed by atoms with E-state index in [2.05, 4.69) is 50.1 Å². The highest BCUT2D eigenvalue weighted by Gasteiger charge is 2.40. The molecule has 0 bridgehead atoms. The number of ether oxygens (including phenoxy) is 8. The van der Waals surface area contributed by atoms with Gasteiger partial charge in [-0.2, -0.15) is 0 Å². The van der Waals surface area contributed by atoms with Gasteiger partial charge < -0.3 is 48.5 Å². The van der Waals surface area contributed by atoms with Crippen molar-refractivity contribution in [1.29, 1.82) is 0 Å². The summed E-state index contributed by atoms with van der Waals surface area (Å²) in [5.41, 5.74) is -2.57. The molecule has 18 nitrogen and oxygen atoms in total. The Kier molecular flexibility index (Phi) is 24.8. The average molecular weight is 877 g/mol. The Balaban J connectivity index is 5.51. The topological polar surface area (TPSA) is 234 Å². The first kappa shape index (κ1) is 55.8. The van der Waals surface area contributed by atoms with E-state index < -0.39 is 112 Å². The molecule has 2 unspecified atom stereocenters. The Hall–Kier alpha value is -6.20. The Morgan fingerprint density at radius 1 is 0.371 bits per heavy atom. The van der Waals surface area contributed by atoms with Gasteiger partial charge in [-0.05, 0) is 68.2 Å². The van der Waals surface area contributed by atoms with E-state index in [-0.39, 0.29) is 45.5 Å². The highest BCUT2D eigenvalue weighted by molar-refractivity contribution is 5.89. The largest absolute Gasteiger partial charge is 0.461 e. The standard InChI is InChI=1S/C44H64N2O16/c1-27(2)35(47)55-19-43(20-56-36(48)28(3)4,21-57-37(49)29(5)6)25-61-41(53)45-33(13)17-15-16-18-34(14)46-42(54)62-26-44(22-58-38(50)30(7)8,23-59-39(51)31(9)10)24-60-40(52)32(11)12/h33-34H,1,3,5,7,9,11,15-26H2,2,4,6,8,10,12-14H3,(H,45,53)(H,46,54). The van der Waals surface area contributed by atoms with E-state index in [0.717, 1.165) is 0 Å². The van der Waals surface area contributed by atoms with Crippen LogP contribution in [0.5, 0.6) is 0 Å². The number of nitrogens with one attached hydrogen (secondary N) is 2. The summed E-state index contributed by atoms with van der Waals surface area (Å²) in [5, 5.41) is 5.40. The molecule has 62 heavy (non-hydrogen) atoms. The van der Waals surface area contributed by atoms with Crippen molar-refractivity contribution >= 4 is 48.0 Å². The predicted octanol–water partition coefficient (Wildman–Crippen LogP) is 5.46. The molecule has 0 radical (unpaired) electrons. The van der Waals surface area contributed by atoms with E-state index in [9.17, 15) is 38.4 Å². The van der Waals surface area contributed by atoms with Gasteiger partial charge in [0.1, 0.15) is 63.7 Å². The molecule has 0 fully saturated rings. The Labute approximate surface area is 364 Å². The fourth-order valence-electron chi connectivity index (χ4n) is 4.52. The van der Waals surface area contributed by atoms with E-state index in [1.165, 1.54) is 41.5 Å². The van der Waals surface area contributed by atoms with Gasteiger partial charge in [0.15, 0.2) is 0 Å². The third-order valence-electron chi connectivity index (χ3n) is 8.42. The van der Waals surface area contributed by atoms with Gasteiger partial charge in [-0.25, -0.2) is 38.4 Å². The van der Waals surface area contributed by atoms with Crippen molar-refractivity contribution in [2.45, 2.75) is 93.2 Å². The molecular weight excluding hydrogens is 812 g/mol. The summed E-state index contributed by atoms with van der Waals surface area (Å²) in [6.07, 6.45) is 0.511. The predicted molar refractivity (Wildman–Crippen MR) is 226 cm³/mol. The second-order valence-electron chi connectivity index (χ2n) is 15.7. The van der Waals surface area contributed by atoms with Gasteiger partial charge in [-0.1, -0.05) is 52.3 Å². The first-order chi connectivity index (χ1) is 28.7. The molecule has 0 rings (SSSR count). The number of alkyl carbamates (subject to hydrolysis) is 2. The van der Waals surface area contributed by atoms with Gasteiger partial charge in [0.25, 0.3) is 0 Å². The van der Waals surface area contributed by atoms with Crippen LogP contribution in [0.4, 0.5) is 9.59 Å². The van der Waals surface area contributed by atoms with E-state index >= 15 is 0 Å². The molecular formula is C44H64N2O16. The van der Waals surface area contributed by atoms with Crippen molar-refractivity contribution in [2.75, 3.05) is 52.9 Å². The molecule has 0 spiro atoms. The van der Waals surface area contributed by atoms with Crippen LogP contribution in [0.25, 0.3) is 0 Å². The zero-order valence-electron chi connectivity index (χ0n) is 37.4. The van der Waals surface area contributed by atoms with Crippen LogP contribution in [-0.4, -0.2) is 113 Å². The smallest absolute Gasteiger partial charge is 0.407 e. The summed E-state index contributed by atoms with van der Waals surface area (Å²) >= 11 is 0. The lowest BCUT2D eigenvalue weighted by atomic mass is 9.92. The molecule has 0 heterocycles. The third-order valence-corrected chi connectivity index (χ3v) is 8.42. The van der Waals surface area contributed by atoms with Crippen LogP contribution in [0.1, 0.15) is 81.1 Å². The maximum Gasteiger partial charge on any atom is 0.407 e. The lowest BCUT2D eigenvalue weighted by molar-refractivity contribution is -0.162. The SMILES string of the molecule is C=C(C)C(=O)OCC(COC(=O)NC(C)CCCCC(C)NC(=O)OCC(COC(=O)C(=C)C)(COC(=O)C(=C)C)COC(=O)C(=C)C)(COC(=O)C(=C)C)COC(=O)C(=C)C. The monoisotopic (exact) mass is 876 g/mol. The van der Waals surface area contributed by atoms with Crippen molar-refractivity contribution in [3.63, 3.8) is 0 Å². The number of hydrogen-bond acceptors (Lipinski definition) is 16. The first-order valence-corrected chi connectivity index (χ1v) is 19.6. The maximum atomic E-state index is 12.9. The van der Waals surface area contributed by atoms with Crippen molar-refractivity contribution in [2.24, 2.45) is 10.8 Å². The first-order valence-electron chi connectivity index (χ1n) is 19.6. The number of esters is 6. The van der Waals surface area contributed by atoms with Crippen LogP contribution in [0.15, 0.2) is 72.9 Å². The van der Waals surface area contributed by atoms with Gasteiger partial charge in [0.05, 0.1) is 0 Å². The van der Waals surface area contributed by atoms with Crippen LogP contribution < -0.4 is 10.6 Å². The molecule has 2 atom stereocenters. The molecule has 18 heteroatoms. The molecule has 2 N–H and O–H groups in total. The van der Waals surface area contributed by atoms with Crippen LogP contribution in [0.2, 0.25) is 0 Å².